The van der Waals surface area contributed by atoms with Gasteiger partial charge in [-0.15, -0.1) is 11.8 Å². The van der Waals surface area contributed by atoms with Crippen LogP contribution in [0.1, 0.15) is 12.0 Å². The summed E-state index contributed by atoms with van der Waals surface area (Å²) in [6, 6.07) is 11.8. The largest absolute Gasteiger partial charge is 0.486 e. The van der Waals surface area contributed by atoms with Gasteiger partial charge in [-0.3, -0.25) is 4.90 Å². The second-order valence-electron chi connectivity index (χ2n) is 7.33. The molecule has 30 heavy (non-hydrogen) atoms. The molecule has 0 atom stereocenters. The lowest BCUT2D eigenvalue weighted by Crippen LogP contribution is -2.46. The van der Waals surface area contributed by atoms with Crippen LogP contribution >= 0.6 is 11.8 Å². The van der Waals surface area contributed by atoms with Gasteiger partial charge in [0.25, 0.3) is 0 Å². The number of para-hydroxylation sites is 1. The van der Waals surface area contributed by atoms with Crippen molar-refractivity contribution >= 4 is 17.4 Å². The highest BCUT2D eigenvalue weighted by molar-refractivity contribution is 7.99. The molecule has 8 heteroatoms. The van der Waals surface area contributed by atoms with Gasteiger partial charge >= 0.3 is 6.18 Å². The Morgan fingerprint density at radius 3 is 2.47 bits per heavy atom. The number of hydrogen-bond acceptors (Lipinski definition) is 5. The lowest BCUT2D eigenvalue weighted by atomic mass is 10.2. The summed E-state index contributed by atoms with van der Waals surface area (Å²) in [7, 11) is 0. The summed E-state index contributed by atoms with van der Waals surface area (Å²) in [5, 5.41) is 0. The topological polar surface area (TPSA) is 24.9 Å². The van der Waals surface area contributed by atoms with E-state index >= 15 is 0 Å². The molecule has 4 rings (SSSR count). The molecule has 2 aliphatic heterocycles. The van der Waals surface area contributed by atoms with Gasteiger partial charge in [-0.05, 0) is 43.0 Å². The first-order valence-corrected chi connectivity index (χ1v) is 11.2. The van der Waals surface area contributed by atoms with Gasteiger partial charge in [0, 0.05) is 31.1 Å². The number of alkyl halides is 3. The van der Waals surface area contributed by atoms with Crippen molar-refractivity contribution in [2.45, 2.75) is 17.5 Å². The van der Waals surface area contributed by atoms with Crippen LogP contribution in [-0.2, 0) is 6.18 Å². The number of ether oxygens (including phenoxy) is 2. The van der Waals surface area contributed by atoms with E-state index in [9.17, 15) is 13.2 Å². The zero-order chi connectivity index (χ0) is 21.0. The molecular weight excluding hydrogens is 413 g/mol. The third kappa shape index (κ3) is 4.98. The first-order chi connectivity index (χ1) is 14.5. The number of halogens is 3. The molecule has 0 saturated carbocycles. The lowest BCUT2D eigenvalue weighted by molar-refractivity contribution is -0.139. The quantitative estimate of drug-likeness (QED) is 0.478. The Morgan fingerprint density at radius 2 is 1.67 bits per heavy atom. The van der Waals surface area contributed by atoms with E-state index in [2.05, 4.69) is 15.9 Å². The van der Waals surface area contributed by atoms with E-state index in [1.165, 1.54) is 17.8 Å². The van der Waals surface area contributed by atoms with E-state index in [0.717, 1.165) is 62.4 Å². The predicted molar refractivity (Wildman–Crippen MR) is 113 cm³/mol. The van der Waals surface area contributed by atoms with Crippen molar-refractivity contribution in [1.82, 2.24) is 4.90 Å². The fourth-order valence-electron chi connectivity index (χ4n) is 3.82. The van der Waals surface area contributed by atoms with Gasteiger partial charge < -0.3 is 14.4 Å². The van der Waals surface area contributed by atoms with E-state index < -0.39 is 11.7 Å². The molecule has 0 bridgehead atoms. The third-order valence-electron chi connectivity index (χ3n) is 5.33. The Kier molecular flexibility index (Phi) is 6.63. The summed E-state index contributed by atoms with van der Waals surface area (Å²) in [4.78, 5) is 5.00. The van der Waals surface area contributed by atoms with Crippen LogP contribution in [0.2, 0.25) is 0 Å². The van der Waals surface area contributed by atoms with Crippen LogP contribution in [-0.4, -0.2) is 56.6 Å². The van der Waals surface area contributed by atoms with E-state index in [1.54, 1.807) is 12.1 Å². The minimum Gasteiger partial charge on any atom is -0.486 e. The molecule has 1 fully saturated rings. The first kappa shape index (κ1) is 21.2. The number of benzene rings is 2. The first-order valence-electron chi connectivity index (χ1n) is 10.2. The molecular formula is C22H25F3N2O2S. The molecule has 0 N–H and O–H groups in total. The fourth-order valence-corrected chi connectivity index (χ4v) is 4.82. The van der Waals surface area contributed by atoms with Crippen LogP contribution in [0.15, 0.2) is 47.4 Å². The molecule has 0 amide bonds. The Balaban J connectivity index is 1.24. The number of nitrogens with zero attached hydrogens (tertiary/aromatic N) is 2. The van der Waals surface area contributed by atoms with Gasteiger partial charge in [0.15, 0.2) is 11.5 Å². The van der Waals surface area contributed by atoms with Crippen LogP contribution in [0.3, 0.4) is 0 Å². The zero-order valence-corrected chi connectivity index (χ0v) is 17.5. The van der Waals surface area contributed by atoms with Crippen LogP contribution in [0.5, 0.6) is 11.5 Å². The Labute approximate surface area is 178 Å². The minimum atomic E-state index is -4.30. The molecule has 2 aromatic carbocycles. The summed E-state index contributed by atoms with van der Waals surface area (Å²) in [5.74, 6) is 2.30. The summed E-state index contributed by atoms with van der Waals surface area (Å²) in [6.45, 7) is 5.67. The number of rotatable bonds is 6. The van der Waals surface area contributed by atoms with Crippen molar-refractivity contribution in [3.05, 3.63) is 48.0 Å². The molecule has 1 saturated heterocycles. The smallest absolute Gasteiger partial charge is 0.417 e. The Bertz CT molecular complexity index is 855. The van der Waals surface area contributed by atoms with E-state index in [4.69, 9.17) is 9.47 Å². The molecule has 0 unspecified atom stereocenters. The molecule has 2 aromatic rings. The van der Waals surface area contributed by atoms with E-state index in [0.29, 0.717) is 23.9 Å². The van der Waals surface area contributed by atoms with Crippen LogP contribution in [0, 0.1) is 0 Å². The van der Waals surface area contributed by atoms with Gasteiger partial charge in [-0.2, -0.15) is 13.2 Å². The normalized spacial score (nSPS) is 17.2. The number of piperazine rings is 1. The average Bonchev–Trinajstić information content (AvgIpc) is 2.76. The molecule has 0 spiro atoms. The van der Waals surface area contributed by atoms with E-state index in [-0.39, 0.29) is 0 Å². The van der Waals surface area contributed by atoms with Gasteiger partial charge in [0.05, 0.1) is 11.3 Å². The second-order valence-corrected chi connectivity index (χ2v) is 8.46. The minimum absolute atomic E-state index is 0.311. The number of fused-ring (bicyclic) bond motifs is 1. The monoisotopic (exact) mass is 438 g/mol. The molecule has 2 heterocycles. The summed E-state index contributed by atoms with van der Waals surface area (Å²) < 4.78 is 50.8. The Hall–Kier alpha value is -2.06. The van der Waals surface area contributed by atoms with E-state index in [1.807, 2.05) is 12.1 Å². The standard InChI is InChI=1S/C22H25F3N2O2S/c23-22(24,25)17-5-1-2-8-20(17)30-16-4-9-26-10-12-27(13-11-26)18-6-3-7-19-21(18)29-15-14-28-19/h1-3,5-8H,4,9-16H2. The number of hydrogen-bond donors (Lipinski definition) is 0. The molecule has 4 nitrogen and oxygen atoms in total. The number of thioether (sulfide) groups is 1. The summed E-state index contributed by atoms with van der Waals surface area (Å²) in [5.41, 5.74) is 0.534. The van der Waals surface area contributed by atoms with Gasteiger partial charge in [-0.25, -0.2) is 0 Å². The van der Waals surface area contributed by atoms with Crippen molar-refractivity contribution < 1.29 is 22.6 Å². The van der Waals surface area contributed by atoms with Crippen molar-refractivity contribution in [3.63, 3.8) is 0 Å². The lowest BCUT2D eigenvalue weighted by Gasteiger charge is -2.37. The van der Waals surface area contributed by atoms with Crippen molar-refractivity contribution in [3.8, 4) is 11.5 Å². The van der Waals surface area contributed by atoms with Crippen molar-refractivity contribution in [1.29, 1.82) is 0 Å². The summed E-state index contributed by atoms with van der Waals surface area (Å²) >= 11 is 1.29. The third-order valence-corrected chi connectivity index (χ3v) is 6.49. The van der Waals surface area contributed by atoms with Gasteiger partial charge in [0.2, 0.25) is 0 Å². The second kappa shape index (κ2) is 9.39. The van der Waals surface area contributed by atoms with Crippen molar-refractivity contribution in [2.75, 3.05) is 56.6 Å². The van der Waals surface area contributed by atoms with Gasteiger partial charge in [0.1, 0.15) is 13.2 Å². The molecule has 0 aliphatic carbocycles. The Morgan fingerprint density at radius 1 is 0.900 bits per heavy atom. The zero-order valence-electron chi connectivity index (χ0n) is 16.7. The average molecular weight is 439 g/mol. The number of anilines is 1. The molecule has 0 aromatic heterocycles. The van der Waals surface area contributed by atoms with Crippen LogP contribution in [0.4, 0.5) is 18.9 Å². The summed E-state index contributed by atoms with van der Waals surface area (Å²) in [6.07, 6.45) is -3.44. The van der Waals surface area contributed by atoms with Crippen molar-refractivity contribution in [2.24, 2.45) is 0 Å². The highest BCUT2D eigenvalue weighted by Gasteiger charge is 2.33. The highest BCUT2D eigenvalue weighted by atomic mass is 32.2. The SMILES string of the molecule is FC(F)(F)c1ccccc1SCCCN1CCN(c2cccc3c2OCCO3)CC1. The van der Waals surface area contributed by atoms with Gasteiger partial charge in [-0.1, -0.05) is 18.2 Å². The molecule has 0 radical (unpaired) electrons. The highest BCUT2D eigenvalue weighted by Crippen LogP contribution is 2.40. The fraction of sp³-hybridized carbons (Fsp3) is 0.455. The van der Waals surface area contributed by atoms with Crippen LogP contribution < -0.4 is 14.4 Å². The maximum Gasteiger partial charge on any atom is 0.417 e. The maximum absolute atomic E-state index is 13.1. The van der Waals surface area contributed by atoms with Crippen LogP contribution in [0.25, 0.3) is 0 Å². The predicted octanol–water partition coefficient (Wildman–Crippen LogP) is 4.78. The maximum atomic E-state index is 13.1. The molecule has 2 aliphatic rings. The molecule has 162 valence electrons.